The second kappa shape index (κ2) is 12.4. The number of rotatable bonds is 8. The Balaban J connectivity index is 1.71. The Labute approximate surface area is 243 Å². The fourth-order valence-corrected chi connectivity index (χ4v) is 6.11. The number of hydrogen-bond acceptors (Lipinski definition) is 4. The Morgan fingerprint density at radius 2 is 1.97 bits per heavy atom. The summed E-state index contributed by atoms with van der Waals surface area (Å²) in [5.41, 5.74) is 2.17. The first-order valence-corrected chi connectivity index (χ1v) is 14.1. The van der Waals surface area contributed by atoms with E-state index in [4.69, 9.17) is 39.8 Å². The van der Waals surface area contributed by atoms with Gasteiger partial charge in [-0.15, -0.1) is 0 Å². The molecule has 1 aliphatic rings. The Hall–Kier alpha value is -2.13. The highest BCUT2D eigenvalue weighted by Crippen LogP contribution is 2.38. The zero-order valence-electron chi connectivity index (χ0n) is 20.5. The van der Waals surface area contributed by atoms with Gasteiger partial charge in [0.2, 0.25) is 0 Å². The Kier molecular flexibility index (Phi) is 9.40. The zero-order chi connectivity index (χ0) is 27.6. The molecule has 202 valence electrons. The van der Waals surface area contributed by atoms with Crippen molar-refractivity contribution < 1.29 is 19.1 Å². The van der Waals surface area contributed by atoms with Gasteiger partial charge in [0.05, 0.1) is 27.7 Å². The molecule has 1 saturated heterocycles. The van der Waals surface area contributed by atoms with E-state index in [1.165, 1.54) is 0 Å². The van der Waals surface area contributed by atoms with E-state index in [0.29, 0.717) is 57.8 Å². The standard InChI is InChI=1S/C27H26BrCl3FN3O3/c1-14-23(18-11-16(28)5-8-21(18)34-26(14)35-10-2-3-17(32)13-35)27(38)33-12-15(4-9-22(36)37)24-19(29)6-7-20(30)25(24)31/h5-8,11,15,17H,2-4,9-10,12-13H2,1H3,(H,33,38)(H,36,37)/t15-,17-/m1/s1. The third kappa shape index (κ3) is 6.36. The molecule has 0 unspecified atom stereocenters. The first-order valence-electron chi connectivity index (χ1n) is 12.2. The largest absolute Gasteiger partial charge is 0.481 e. The molecule has 2 heterocycles. The number of aromatic nitrogens is 1. The van der Waals surface area contributed by atoms with Crippen LogP contribution in [-0.4, -0.2) is 47.8 Å². The minimum Gasteiger partial charge on any atom is -0.481 e. The average molecular weight is 646 g/mol. The SMILES string of the molecule is Cc1c(N2CCC[C@@H](F)C2)nc2ccc(Br)cc2c1C(=O)NC[C@@H](CCC(=O)O)c1c(Cl)ccc(Cl)c1Cl. The van der Waals surface area contributed by atoms with Crippen molar-refractivity contribution in [3.63, 3.8) is 0 Å². The lowest BCUT2D eigenvalue weighted by Crippen LogP contribution is -2.38. The van der Waals surface area contributed by atoms with Crippen LogP contribution in [-0.2, 0) is 4.79 Å². The van der Waals surface area contributed by atoms with Gasteiger partial charge < -0.3 is 15.3 Å². The van der Waals surface area contributed by atoms with Gasteiger partial charge in [-0.1, -0.05) is 50.7 Å². The molecule has 1 aliphatic heterocycles. The van der Waals surface area contributed by atoms with Crippen LogP contribution in [0.15, 0.2) is 34.8 Å². The summed E-state index contributed by atoms with van der Waals surface area (Å²) < 4.78 is 15.0. The summed E-state index contributed by atoms with van der Waals surface area (Å²) in [4.78, 5) is 31.8. The Bertz CT molecular complexity index is 1390. The van der Waals surface area contributed by atoms with Crippen molar-refractivity contribution in [1.29, 1.82) is 0 Å². The molecule has 38 heavy (non-hydrogen) atoms. The van der Waals surface area contributed by atoms with Crippen LogP contribution in [0.5, 0.6) is 0 Å². The number of carbonyl (C=O) groups excluding carboxylic acids is 1. The number of halogens is 5. The summed E-state index contributed by atoms with van der Waals surface area (Å²) in [6, 6.07) is 8.65. The molecule has 1 aromatic heterocycles. The molecule has 2 aromatic carbocycles. The van der Waals surface area contributed by atoms with E-state index in [0.717, 1.165) is 4.47 Å². The van der Waals surface area contributed by atoms with Crippen LogP contribution in [0.4, 0.5) is 10.2 Å². The molecular formula is C27H26BrCl3FN3O3. The minimum absolute atomic E-state index is 0.0781. The molecule has 6 nitrogen and oxygen atoms in total. The van der Waals surface area contributed by atoms with Gasteiger partial charge in [-0.3, -0.25) is 9.59 Å². The van der Waals surface area contributed by atoms with Gasteiger partial charge in [-0.25, -0.2) is 9.37 Å². The van der Waals surface area contributed by atoms with Crippen molar-refractivity contribution >= 4 is 79.3 Å². The lowest BCUT2D eigenvalue weighted by molar-refractivity contribution is -0.137. The number of anilines is 1. The van der Waals surface area contributed by atoms with Crippen molar-refractivity contribution in [2.75, 3.05) is 24.5 Å². The van der Waals surface area contributed by atoms with Crippen LogP contribution in [0.25, 0.3) is 10.9 Å². The molecule has 1 amide bonds. The predicted octanol–water partition coefficient (Wildman–Crippen LogP) is 7.58. The van der Waals surface area contributed by atoms with E-state index < -0.39 is 18.1 Å². The van der Waals surface area contributed by atoms with Gasteiger partial charge >= 0.3 is 5.97 Å². The molecule has 0 aliphatic carbocycles. The number of hydrogen-bond donors (Lipinski definition) is 2. The van der Waals surface area contributed by atoms with Crippen molar-refractivity contribution in [3.8, 4) is 0 Å². The number of nitrogens with one attached hydrogen (secondary N) is 1. The van der Waals surface area contributed by atoms with Gasteiger partial charge in [-0.2, -0.15) is 0 Å². The molecule has 2 N–H and O–H groups in total. The summed E-state index contributed by atoms with van der Waals surface area (Å²) in [5, 5.41) is 13.7. The van der Waals surface area contributed by atoms with Crippen LogP contribution < -0.4 is 10.2 Å². The van der Waals surface area contributed by atoms with Gasteiger partial charge in [0.25, 0.3) is 5.91 Å². The Morgan fingerprint density at radius 1 is 1.24 bits per heavy atom. The summed E-state index contributed by atoms with van der Waals surface area (Å²) in [7, 11) is 0. The van der Waals surface area contributed by atoms with Gasteiger partial charge in [0.1, 0.15) is 12.0 Å². The predicted molar refractivity (Wildman–Crippen MR) is 154 cm³/mol. The first kappa shape index (κ1) is 28.9. The van der Waals surface area contributed by atoms with E-state index in [9.17, 15) is 19.1 Å². The molecule has 11 heteroatoms. The summed E-state index contributed by atoms with van der Waals surface area (Å²) in [6.07, 6.45) is 0.302. The molecule has 3 aromatic rings. The third-order valence-corrected chi connectivity index (χ3v) is 8.40. The maximum absolute atomic E-state index is 14.2. The third-order valence-electron chi connectivity index (χ3n) is 6.76. The quantitative estimate of drug-likeness (QED) is 0.247. The van der Waals surface area contributed by atoms with E-state index in [1.54, 1.807) is 12.1 Å². The molecule has 0 spiro atoms. The lowest BCUT2D eigenvalue weighted by atomic mass is 9.93. The van der Waals surface area contributed by atoms with Crippen LogP contribution in [0, 0.1) is 6.92 Å². The lowest BCUT2D eigenvalue weighted by Gasteiger charge is -2.32. The normalized spacial score (nSPS) is 16.5. The van der Waals surface area contributed by atoms with Gasteiger partial charge in [0.15, 0.2) is 0 Å². The highest BCUT2D eigenvalue weighted by atomic mass is 79.9. The maximum Gasteiger partial charge on any atom is 0.303 e. The van der Waals surface area contributed by atoms with Crippen LogP contribution in [0.3, 0.4) is 0 Å². The van der Waals surface area contributed by atoms with Gasteiger partial charge in [0, 0.05) is 45.9 Å². The second-order valence-electron chi connectivity index (χ2n) is 9.38. The maximum atomic E-state index is 14.2. The smallest absolute Gasteiger partial charge is 0.303 e. The number of nitrogens with zero attached hydrogens (tertiary/aromatic N) is 2. The number of piperidine rings is 1. The van der Waals surface area contributed by atoms with Gasteiger partial charge in [-0.05, 0) is 62.1 Å². The Morgan fingerprint density at radius 3 is 2.68 bits per heavy atom. The topological polar surface area (TPSA) is 82.5 Å². The average Bonchev–Trinajstić information content (AvgIpc) is 2.87. The molecule has 0 bridgehead atoms. The number of pyridine rings is 1. The highest BCUT2D eigenvalue weighted by Gasteiger charge is 2.27. The van der Waals surface area contributed by atoms with Crippen LogP contribution in [0.2, 0.25) is 15.1 Å². The number of carboxylic acids is 1. The van der Waals surface area contributed by atoms with Crippen molar-refractivity contribution in [2.24, 2.45) is 0 Å². The molecule has 2 atom stereocenters. The van der Waals surface area contributed by atoms with Crippen LogP contribution >= 0.6 is 50.7 Å². The molecule has 0 saturated carbocycles. The number of benzene rings is 2. The van der Waals surface area contributed by atoms with Crippen molar-refractivity contribution in [3.05, 3.63) is 66.6 Å². The molecule has 1 fully saturated rings. The minimum atomic E-state index is -0.978. The number of carbonyl (C=O) groups is 2. The fraction of sp³-hybridized carbons (Fsp3) is 0.370. The molecular weight excluding hydrogens is 620 g/mol. The van der Waals surface area contributed by atoms with Crippen LogP contribution in [0.1, 0.15) is 53.1 Å². The molecule has 4 rings (SSSR count). The zero-order valence-corrected chi connectivity index (χ0v) is 24.4. The number of aliphatic carboxylic acids is 1. The van der Waals surface area contributed by atoms with E-state index in [-0.39, 0.29) is 41.9 Å². The second-order valence-corrected chi connectivity index (χ2v) is 11.5. The van der Waals surface area contributed by atoms with Crippen molar-refractivity contribution in [2.45, 2.75) is 44.7 Å². The van der Waals surface area contributed by atoms with E-state index in [2.05, 4.69) is 21.2 Å². The summed E-state index contributed by atoms with van der Waals surface area (Å²) in [5.74, 6) is -1.26. The van der Waals surface area contributed by atoms with E-state index in [1.807, 2.05) is 30.0 Å². The molecule has 0 radical (unpaired) electrons. The van der Waals surface area contributed by atoms with E-state index >= 15 is 0 Å². The number of fused-ring (bicyclic) bond motifs is 1. The number of amides is 1. The first-order chi connectivity index (χ1) is 18.1. The van der Waals surface area contributed by atoms with Crippen molar-refractivity contribution in [1.82, 2.24) is 10.3 Å². The summed E-state index contributed by atoms with van der Waals surface area (Å²) in [6.45, 7) is 2.77. The highest BCUT2D eigenvalue weighted by molar-refractivity contribution is 9.10. The fourth-order valence-electron chi connectivity index (χ4n) is 4.90. The number of alkyl halides is 1. The summed E-state index contributed by atoms with van der Waals surface area (Å²) >= 11 is 22.6. The monoisotopic (exact) mass is 643 g/mol. The number of carboxylic acid groups (broad SMARTS) is 1.